The molecule has 0 unspecified atom stereocenters. The molecule has 0 saturated carbocycles. The fourth-order valence-corrected chi connectivity index (χ4v) is 3.38. The van der Waals surface area contributed by atoms with Crippen LogP contribution in [0.1, 0.15) is 33.6 Å². The van der Waals surface area contributed by atoms with Crippen LogP contribution in [0.4, 0.5) is 0 Å². The summed E-state index contributed by atoms with van der Waals surface area (Å²) in [5, 5.41) is 0. The lowest BCUT2D eigenvalue weighted by Gasteiger charge is -2.19. The van der Waals surface area contributed by atoms with Crippen LogP contribution < -0.4 is 0 Å². The van der Waals surface area contributed by atoms with E-state index in [0.29, 0.717) is 25.3 Å². The molecule has 1 aliphatic heterocycles. The minimum atomic E-state index is -2.95. The number of nitrogens with zero attached hydrogens (tertiary/aromatic N) is 1. The highest BCUT2D eigenvalue weighted by Gasteiger charge is 2.35. The Morgan fingerprint density at radius 3 is 2.38 bits per heavy atom. The van der Waals surface area contributed by atoms with Gasteiger partial charge in [0.15, 0.2) is 0 Å². The third kappa shape index (κ3) is 2.68. The van der Waals surface area contributed by atoms with Crippen molar-refractivity contribution in [3.63, 3.8) is 0 Å². The first kappa shape index (κ1) is 11.0. The maximum absolute atomic E-state index is 11.6. The maximum Gasteiger partial charge on any atom is 0.214 e. The second-order valence-electron chi connectivity index (χ2n) is 4.56. The van der Waals surface area contributed by atoms with E-state index < -0.39 is 10.0 Å². The van der Waals surface area contributed by atoms with Gasteiger partial charge in [-0.2, -0.15) is 0 Å². The van der Waals surface area contributed by atoms with E-state index in [1.165, 1.54) is 0 Å². The van der Waals surface area contributed by atoms with Crippen molar-refractivity contribution >= 4 is 10.0 Å². The van der Waals surface area contributed by atoms with E-state index in [4.69, 9.17) is 0 Å². The summed E-state index contributed by atoms with van der Waals surface area (Å²) >= 11 is 0. The van der Waals surface area contributed by atoms with Gasteiger partial charge in [0.05, 0.1) is 5.75 Å². The smallest absolute Gasteiger partial charge is 0.212 e. The van der Waals surface area contributed by atoms with Crippen molar-refractivity contribution in [1.29, 1.82) is 0 Å². The van der Waals surface area contributed by atoms with E-state index in [9.17, 15) is 8.42 Å². The van der Waals surface area contributed by atoms with Gasteiger partial charge in [0, 0.05) is 13.1 Å². The molecule has 0 spiro atoms. The number of rotatable bonds is 3. The van der Waals surface area contributed by atoms with Crippen LogP contribution in [0.15, 0.2) is 0 Å². The summed E-state index contributed by atoms with van der Waals surface area (Å²) < 4.78 is 24.9. The van der Waals surface area contributed by atoms with Crippen LogP contribution in [-0.4, -0.2) is 31.6 Å². The topological polar surface area (TPSA) is 37.4 Å². The Morgan fingerprint density at radius 2 is 2.00 bits per heavy atom. The molecule has 0 aliphatic carbocycles. The lowest BCUT2D eigenvalue weighted by atomic mass is 9.93. The van der Waals surface area contributed by atoms with Gasteiger partial charge < -0.3 is 0 Å². The average molecular weight is 205 g/mol. The molecule has 1 saturated heterocycles. The van der Waals surface area contributed by atoms with E-state index >= 15 is 0 Å². The first-order chi connectivity index (χ1) is 5.87. The zero-order valence-corrected chi connectivity index (χ0v) is 9.52. The molecular weight excluding hydrogens is 186 g/mol. The van der Waals surface area contributed by atoms with Crippen molar-refractivity contribution < 1.29 is 8.42 Å². The van der Waals surface area contributed by atoms with Gasteiger partial charge in [-0.15, -0.1) is 0 Å². The normalized spacial score (nSPS) is 23.6. The van der Waals surface area contributed by atoms with E-state index in [1.807, 2.05) is 6.92 Å². The second kappa shape index (κ2) is 3.58. The Morgan fingerprint density at radius 1 is 1.38 bits per heavy atom. The monoisotopic (exact) mass is 205 g/mol. The lowest BCUT2D eigenvalue weighted by molar-refractivity contribution is 0.375. The Bertz CT molecular complexity index is 269. The Labute approximate surface area is 81.2 Å². The largest absolute Gasteiger partial charge is 0.214 e. The van der Waals surface area contributed by atoms with Crippen LogP contribution in [0.5, 0.6) is 0 Å². The molecule has 0 atom stereocenters. The summed E-state index contributed by atoms with van der Waals surface area (Å²) in [5.74, 6) is 0.295. The summed E-state index contributed by atoms with van der Waals surface area (Å²) in [6.07, 6.45) is 1.69. The minimum Gasteiger partial charge on any atom is -0.212 e. The Balaban J connectivity index is 2.66. The lowest BCUT2D eigenvalue weighted by Crippen LogP contribution is -2.32. The van der Waals surface area contributed by atoms with E-state index in [2.05, 4.69) is 13.8 Å². The molecule has 4 heteroatoms. The van der Waals surface area contributed by atoms with Crippen molar-refractivity contribution in [2.75, 3.05) is 18.8 Å². The fourth-order valence-electron chi connectivity index (χ4n) is 1.69. The molecule has 1 heterocycles. The van der Waals surface area contributed by atoms with Crippen molar-refractivity contribution in [1.82, 2.24) is 4.31 Å². The van der Waals surface area contributed by atoms with Crippen LogP contribution in [0.3, 0.4) is 0 Å². The zero-order valence-electron chi connectivity index (χ0n) is 8.71. The molecule has 0 aromatic carbocycles. The third-order valence-corrected chi connectivity index (χ3v) is 4.52. The Hall–Kier alpha value is -0.0900. The Kier molecular flexibility index (Phi) is 3.02. The highest BCUT2D eigenvalue weighted by atomic mass is 32.2. The van der Waals surface area contributed by atoms with Crippen molar-refractivity contribution in [2.45, 2.75) is 33.6 Å². The second-order valence-corrected chi connectivity index (χ2v) is 6.65. The fraction of sp³-hybridized carbons (Fsp3) is 1.00. The maximum atomic E-state index is 11.6. The molecule has 0 bridgehead atoms. The van der Waals surface area contributed by atoms with Gasteiger partial charge in [0.1, 0.15) is 0 Å². The quantitative estimate of drug-likeness (QED) is 0.699. The summed E-state index contributed by atoms with van der Waals surface area (Å²) in [6.45, 7) is 7.53. The van der Waals surface area contributed by atoms with Gasteiger partial charge in [-0.25, -0.2) is 12.7 Å². The molecule has 0 amide bonds. The van der Waals surface area contributed by atoms with Gasteiger partial charge in [-0.3, -0.25) is 0 Å². The third-order valence-electron chi connectivity index (χ3n) is 2.50. The first-order valence-electron chi connectivity index (χ1n) is 4.85. The predicted octanol–water partition coefficient (Wildman–Crippen LogP) is 1.46. The van der Waals surface area contributed by atoms with Crippen LogP contribution >= 0.6 is 0 Å². The SMILES string of the molecule is CCCS(=O)(=O)N1CCC(C)(C)C1. The first-order valence-corrected chi connectivity index (χ1v) is 6.46. The highest BCUT2D eigenvalue weighted by molar-refractivity contribution is 7.89. The van der Waals surface area contributed by atoms with Crippen LogP contribution in [0.2, 0.25) is 0 Å². The molecule has 78 valence electrons. The molecule has 0 radical (unpaired) electrons. The molecule has 13 heavy (non-hydrogen) atoms. The molecule has 1 rings (SSSR count). The van der Waals surface area contributed by atoms with Gasteiger partial charge in [-0.1, -0.05) is 20.8 Å². The van der Waals surface area contributed by atoms with Crippen molar-refractivity contribution in [3.8, 4) is 0 Å². The molecule has 0 aromatic rings. The van der Waals surface area contributed by atoms with Crippen molar-refractivity contribution in [2.24, 2.45) is 5.41 Å². The van der Waals surface area contributed by atoms with Gasteiger partial charge >= 0.3 is 0 Å². The minimum absolute atomic E-state index is 0.167. The predicted molar refractivity (Wildman–Crippen MR) is 54.0 cm³/mol. The van der Waals surface area contributed by atoms with Crippen LogP contribution in [-0.2, 0) is 10.0 Å². The van der Waals surface area contributed by atoms with Crippen LogP contribution in [0.25, 0.3) is 0 Å². The summed E-state index contributed by atoms with van der Waals surface area (Å²) in [7, 11) is -2.95. The number of hydrogen-bond acceptors (Lipinski definition) is 2. The molecule has 0 N–H and O–H groups in total. The van der Waals surface area contributed by atoms with E-state index in [0.717, 1.165) is 6.42 Å². The highest BCUT2D eigenvalue weighted by Crippen LogP contribution is 2.30. The standard InChI is InChI=1S/C9H19NO2S/c1-4-7-13(11,12)10-6-5-9(2,3)8-10/h4-8H2,1-3H3. The molecular formula is C9H19NO2S. The van der Waals surface area contributed by atoms with Gasteiger partial charge in [0.25, 0.3) is 0 Å². The summed E-state index contributed by atoms with van der Waals surface area (Å²) in [6, 6.07) is 0. The van der Waals surface area contributed by atoms with Gasteiger partial charge in [-0.05, 0) is 18.3 Å². The zero-order chi connectivity index (χ0) is 10.1. The number of hydrogen-bond donors (Lipinski definition) is 0. The van der Waals surface area contributed by atoms with E-state index in [-0.39, 0.29) is 5.41 Å². The molecule has 3 nitrogen and oxygen atoms in total. The van der Waals surface area contributed by atoms with E-state index in [1.54, 1.807) is 4.31 Å². The average Bonchev–Trinajstić information content (AvgIpc) is 2.30. The molecule has 1 fully saturated rings. The van der Waals surface area contributed by atoms with Gasteiger partial charge in [0.2, 0.25) is 10.0 Å². The number of sulfonamides is 1. The summed E-state index contributed by atoms with van der Waals surface area (Å²) in [4.78, 5) is 0. The van der Waals surface area contributed by atoms with Crippen LogP contribution in [0, 0.1) is 5.41 Å². The molecule has 0 aromatic heterocycles. The van der Waals surface area contributed by atoms with Crippen molar-refractivity contribution in [3.05, 3.63) is 0 Å². The molecule has 1 aliphatic rings. The summed E-state index contributed by atoms with van der Waals surface area (Å²) in [5.41, 5.74) is 0.167.